The first-order chi connectivity index (χ1) is 8.97. The van der Waals surface area contributed by atoms with Crippen molar-refractivity contribution >= 4 is 12.0 Å². The fraction of sp³-hybridized carbons (Fsp3) is 0.857. The maximum atomic E-state index is 12.1. The van der Waals surface area contributed by atoms with Gasteiger partial charge in [0, 0.05) is 13.1 Å². The topological polar surface area (TPSA) is 69.6 Å². The molecule has 2 amide bonds. The second-order valence-electron chi connectivity index (χ2n) is 5.55. The lowest BCUT2D eigenvalue weighted by Crippen LogP contribution is -2.52. The predicted molar refractivity (Wildman–Crippen MR) is 74.0 cm³/mol. The molecule has 0 saturated heterocycles. The minimum absolute atomic E-state index is 0.0683. The molecule has 0 aromatic carbocycles. The van der Waals surface area contributed by atoms with Crippen LogP contribution in [0.5, 0.6) is 0 Å². The quantitative estimate of drug-likeness (QED) is 0.806. The number of hydrogen-bond donors (Lipinski definition) is 2. The van der Waals surface area contributed by atoms with Crippen molar-refractivity contribution in [2.45, 2.75) is 64.5 Å². The van der Waals surface area contributed by atoms with Crippen molar-refractivity contribution < 1.29 is 14.7 Å². The third kappa shape index (κ3) is 4.40. The molecule has 2 N–H and O–H groups in total. The molecule has 5 heteroatoms. The molecule has 1 rings (SSSR count). The fourth-order valence-corrected chi connectivity index (χ4v) is 2.55. The van der Waals surface area contributed by atoms with Crippen LogP contribution in [0.15, 0.2) is 0 Å². The minimum Gasteiger partial charge on any atom is -0.480 e. The summed E-state index contributed by atoms with van der Waals surface area (Å²) in [6.07, 6.45) is 6.29. The van der Waals surface area contributed by atoms with Gasteiger partial charge in [0.2, 0.25) is 0 Å². The van der Waals surface area contributed by atoms with Crippen LogP contribution in [0.4, 0.5) is 4.79 Å². The number of carboxylic acids is 1. The zero-order valence-electron chi connectivity index (χ0n) is 12.2. The highest BCUT2D eigenvalue weighted by Crippen LogP contribution is 2.21. The zero-order chi connectivity index (χ0) is 14.4. The number of hydrogen-bond acceptors (Lipinski definition) is 2. The van der Waals surface area contributed by atoms with Crippen LogP contribution in [0, 0.1) is 5.92 Å². The molecule has 0 spiro atoms. The second kappa shape index (κ2) is 7.36. The summed E-state index contributed by atoms with van der Waals surface area (Å²) in [4.78, 5) is 25.0. The number of carboxylic acid groups (broad SMARTS) is 1. The normalized spacial score (nSPS) is 19.5. The Hall–Kier alpha value is -1.26. The summed E-state index contributed by atoms with van der Waals surface area (Å²) in [7, 11) is 1.76. The van der Waals surface area contributed by atoms with Crippen LogP contribution < -0.4 is 5.32 Å². The Morgan fingerprint density at radius 1 is 1.32 bits per heavy atom. The number of urea groups is 1. The highest BCUT2D eigenvalue weighted by molar-refractivity contribution is 5.82. The van der Waals surface area contributed by atoms with Gasteiger partial charge in [-0.1, -0.05) is 39.5 Å². The second-order valence-corrected chi connectivity index (χ2v) is 5.55. The molecular weight excluding hydrogens is 244 g/mol. The van der Waals surface area contributed by atoms with Crippen LogP contribution >= 0.6 is 0 Å². The number of carbonyl (C=O) groups excluding carboxylic acids is 1. The van der Waals surface area contributed by atoms with Crippen molar-refractivity contribution in [2.75, 3.05) is 7.05 Å². The fourth-order valence-electron chi connectivity index (χ4n) is 2.55. The summed E-state index contributed by atoms with van der Waals surface area (Å²) < 4.78 is 0. The van der Waals surface area contributed by atoms with E-state index in [1.807, 2.05) is 13.8 Å². The van der Waals surface area contributed by atoms with E-state index in [0.717, 1.165) is 32.1 Å². The maximum Gasteiger partial charge on any atom is 0.326 e. The van der Waals surface area contributed by atoms with Gasteiger partial charge in [0.15, 0.2) is 0 Å². The molecule has 0 aliphatic heterocycles. The van der Waals surface area contributed by atoms with Crippen molar-refractivity contribution in [1.82, 2.24) is 10.2 Å². The van der Waals surface area contributed by atoms with E-state index >= 15 is 0 Å². The van der Waals surface area contributed by atoms with E-state index in [9.17, 15) is 14.7 Å². The molecule has 1 aliphatic carbocycles. The van der Waals surface area contributed by atoms with E-state index in [4.69, 9.17) is 0 Å². The number of nitrogens with one attached hydrogen (secondary N) is 1. The Morgan fingerprint density at radius 3 is 2.37 bits per heavy atom. The summed E-state index contributed by atoms with van der Waals surface area (Å²) in [5.74, 6) is -1.03. The molecule has 1 saturated carbocycles. The molecule has 110 valence electrons. The molecule has 0 aromatic rings. The van der Waals surface area contributed by atoms with E-state index in [-0.39, 0.29) is 18.0 Å². The molecule has 2 unspecified atom stereocenters. The monoisotopic (exact) mass is 270 g/mol. The highest BCUT2D eigenvalue weighted by atomic mass is 16.4. The van der Waals surface area contributed by atoms with E-state index < -0.39 is 12.0 Å². The lowest BCUT2D eigenvalue weighted by Gasteiger charge is -2.32. The van der Waals surface area contributed by atoms with Crippen LogP contribution in [0.2, 0.25) is 0 Å². The number of rotatable bonds is 5. The van der Waals surface area contributed by atoms with Gasteiger partial charge < -0.3 is 15.3 Å². The summed E-state index contributed by atoms with van der Waals surface area (Å²) in [6.45, 7) is 3.78. The SMILES string of the molecule is CCC(C)C(NC(=O)N(C)C1CCCCC1)C(=O)O. The van der Waals surface area contributed by atoms with Gasteiger partial charge in [0.1, 0.15) is 6.04 Å². The van der Waals surface area contributed by atoms with Crippen LogP contribution in [0.1, 0.15) is 52.4 Å². The summed E-state index contributed by atoms with van der Waals surface area (Å²) >= 11 is 0. The molecule has 0 bridgehead atoms. The molecule has 5 nitrogen and oxygen atoms in total. The molecule has 0 radical (unpaired) electrons. The van der Waals surface area contributed by atoms with Gasteiger partial charge in [-0.05, 0) is 18.8 Å². The Kier molecular flexibility index (Phi) is 6.12. The molecule has 0 heterocycles. The van der Waals surface area contributed by atoms with Gasteiger partial charge >= 0.3 is 12.0 Å². The molecule has 19 heavy (non-hydrogen) atoms. The van der Waals surface area contributed by atoms with Crippen LogP contribution in [-0.2, 0) is 4.79 Å². The average Bonchev–Trinajstić information content (AvgIpc) is 2.43. The van der Waals surface area contributed by atoms with Gasteiger partial charge in [0.05, 0.1) is 0 Å². The lowest BCUT2D eigenvalue weighted by molar-refractivity contribution is -0.140. The van der Waals surface area contributed by atoms with Gasteiger partial charge in [0.25, 0.3) is 0 Å². The Balaban J connectivity index is 2.57. The van der Waals surface area contributed by atoms with Crippen molar-refractivity contribution in [3.8, 4) is 0 Å². The summed E-state index contributed by atoms with van der Waals surface area (Å²) in [6, 6.07) is -0.816. The summed E-state index contributed by atoms with van der Waals surface area (Å²) in [5, 5.41) is 11.8. The van der Waals surface area contributed by atoms with Crippen molar-refractivity contribution in [2.24, 2.45) is 5.92 Å². The first kappa shape index (κ1) is 15.8. The Bertz CT molecular complexity index is 314. The highest BCUT2D eigenvalue weighted by Gasteiger charge is 2.29. The average molecular weight is 270 g/mol. The third-order valence-corrected chi connectivity index (χ3v) is 4.20. The smallest absolute Gasteiger partial charge is 0.326 e. The lowest BCUT2D eigenvalue weighted by atomic mass is 9.94. The van der Waals surface area contributed by atoms with Crippen LogP contribution in [-0.4, -0.2) is 41.1 Å². The minimum atomic E-state index is -0.959. The van der Waals surface area contributed by atoms with Gasteiger partial charge in [-0.25, -0.2) is 9.59 Å². The van der Waals surface area contributed by atoms with Crippen molar-refractivity contribution in [3.05, 3.63) is 0 Å². The van der Waals surface area contributed by atoms with E-state index in [2.05, 4.69) is 5.32 Å². The molecule has 0 aromatic heterocycles. The summed E-state index contributed by atoms with van der Waals surface area (Å²) in [5.41, 5.74) is 0. The predicted octanol–water partition coefficient (Wildman–Crippen LogP) is 2.46. The van der Waals surface area contributed by atoms with E-state index in [1.165, 1.54) is 6.42 Å². The number of nitrogens with zero attached hydrogens (tertiary/aromatic N) is 1. The van der Waals surface area contributed by atoms with Crippen molar-refractivity contribution in [1.29, 1.82) is 0 Å². The van der Waals surface area contributed by atoms with Crippen molar-refractivity contribution in [3.63, 3.8) is 0 Å². The Morgan fingerprint density at radius 2 is 1.89 bits per heavy atom. The maximum absolute atomic E-state index is 12.1. The molecule has 1 fully saturated rings. The standard InChI is InChI=1S/C14H26N2O3/c1-4-10(2)12(13(17)18)15-14(19)16(3)11-8-6-5-7-9-11/h10-12H,4-9H2,1-3H3,(H,15,19)(H,17,18). The number of aliphatic carboxylic acids is 1. The number of carbonyl (C=O) groups is 2. The third-order valence-electron chi connectivity index (χ3n) is 4.20. The zero-order valence-corrected chi connectivity index (χ0v) is 12.2. The van der Waals surface area contributed by atoms with E-state index in [1.54, 1.807) is 11.9 Å². The molecule has 2 atom stereocenters. The largest absolute Gasteiger partial charge is 0.480 e. The van der Waals surface area contributed by atoms with Crippen LogP contribution in [0.3, 0.4) is 0 Å². The van der Waals surface area contributed by atoms with Crippen LogP contribution in [0.25, 0.3) is 0 Å². The van der Waals surface area contributed by atoms with E-state index in [0.29, 0.717) is 0 Å². The van der Waals surface area contributed by atoms with Gasteiger partial charge in [-0.15, -0.1) is 0 Å². The Labute approximate surface area is 115 Å². The first-order valence-corrected chi connectivity index (χ1v) is 7.23. The number of amides is 2. The first-order valence-electron chi connectivity index (χ1n) is 7.23. The molecular formula is C14H26N2O3. The van der Waals surface area contributed by atoms with Gasteiger partial charge in [-0.2, -0.15) is 0 Å². The van der Waals surface area contributed by atoms with Gasteiger partial charge in [-0.3, -0.25) is 0 Å². The molecule has 1 aliphatic rings.